The highest BCUT2D eigenvalue weighted by molar-refractivity contribution is 14.0. The van der Waals surface area contributed by atoms with Gasteiger partial charge in [0, 0.05) is 43.1 Å². The Hall–Kier alpha value is -0.900. The Kier molecular flexibility index (Phi) is 9.98. The predicted molar refractivity (Wildman–Crippen MR) is 130 cm³/mol. The number of thiazole rings is 1. The lowest BCUT2D eigenvalue weighted by atomic mass is 10.0. The van der Waals surface area contributed by atoms with Gasteiger partial charge >= 0.3 is 0 Å². The number of aryl methyl sites for hydroxylation is 1. The molecule has 1 fully saturated rings. The molecule has 2 N–H and O–H groups in total. The summed E-state index contributed by atoms with van der Waals surface area (Å²) in [6.45, 7) is 6.01. The molecule has 1 aliphatic rings. The fourth-order valence-electron chi connectivity index (χ4n) is 3.24. The van der Waals surface area contributed by atoms with E-state index in [-0.39, 0.29) is 24.0 Å². The van der Waals surface area contributed by atoms with Crippen molar-refractivity contribution in [3.05, 3.63) is 50.9 Å². The van der Waals surface area contributed by atoms with Crippen molar-refractivity contribution in [2.75, 3.05) is 20.1 Å². The molecule has 28 heavy (non-hydrogen) atoms. The number of aromatic nitrogens is 1. The van der Waals surface area contributed by atoms with E-state index in [9.17, 15) is 0 Å². The summed E-state index contributed by atoms with van der Waals surface area (Å²) in [6, 6.07) is 8.61. The number of benzene rings is 1. The van der Waals surface area contributed by atoms with Crippen LogP contribution in [0.4, 0.5) is 0 Å². The number of guanidine groups is 1. The van der Waals surface area contributed by atoms with Gasteiger partial charge in [0.25, 0.3) is 0 Å². The van der Waals surface area contributed by atoms with Gasteiger partial charge in [0.15, 0.2) is 5.96 Å². The fourth-order valence-corrected chi connectivity index (χ4v) is 4.11. The van der Waals surface area contributed by atoms with Gasteiger partial charge in [0.2, 0.25) is 0 Å². The summed E-state index contributed by atoms with van der Waals surface area (Å²) in [4.78, 5) is 11.5. The van der Waals surface area contributed by atoms with Crippen molar-refractivity contribution in [2.24, 2.45) is 4.99 Å². The number of nitrogens with one attached hydrogen (secondary N) is 2. The maximum atomic E-state index is 5.97. The van der Waals surface area contributed by atoms with E-state index in [0.29, 0.717) is 12.6 Å². The maximum Gasteiger partial charge on any atom is 0.191 e. The van der Waals surface area contributed by atoms with Gasteiger partial charge in [-0.15, -0.1) is 35.3 Å². The summed E-state index contributed by atoms with van der Waals surface area (Å²) < 4.78 is 0. The number of halogens is 2. The molecule has 8 heteroatoms. The largest absolute Gasteiger partial charge is 0.354 e. The third kappa shape index (κ3) is 7.17. The zero-order valence-corrected chi connectivity index (χ0v) is 20.4. The van der Waals surface area contributed by atoms with E-state index in [4.69, 9.17) is 11.6 Å². The molecule has 0 saturated carbocycles. The Morgan fingerprint density at radius 2 is 2.00 bits per heavy atom. The summed E-state index contributed by atoms with van der Waals surface area (Å²) >= 11 is 7.69. The van der Waals surface area contributed by atoms with Crippen molar-refractivity contribution < 1.29 is 0 Å². The molecule has 0 spiro atoms. The molecular weight excluding hydrogens is 505 g/mol. The molecule has 1 aromatic carbocycles. The second kappa shape index (κ2) is 11.9. The third-order valence-electron chi connectivity index (χ3n) is 4.81. The predicted octanol–water partition coefficient (Wildman–Crippen LogP) is 4.31. The van der Waals surface area contributed by atoms with E-state index in [1.807, 2.05) is 19.2 Å². The lowest BCUT2D eigenvalue weighted by molar-refractivity contribution is 0.198. The molecule has 0 radical (unpaired) electrons. The average molecular weight is 534 g/mol. The molecule has 5 nitrogen and oxygen atoms in total. The molecule has 0 bridgehead atoms. The van der Waals surface area contributed by atoms with Gasteiger partial charge in [-0.1, -0.05) is 30.7 Å². The summed E-state index contributed by atoms with van der Waals surface area (Å²) in [7, 11) is 1.82. The third-order valence-corrected chi connectivity index (χ3v) is 6.10. The second-order valence-corrected chi connectivity index (χ2v) is 8.21. The SMILES string of the molecule is CCc1nc(CNC(=NC)NC2CCN(Cc3ccc(Cl)cc3)CC2)cs1.I. The zero-order chi connectivity index (χ0) is 19.1. The maximum absolute atomic E-state index is 5.97. The van der Waals surface area contributed by atoms with E-state index in [2.05, 4.69) is 49.9 Å². The number of hydrogen-bond acceptors (Lipinski definition) is 4. The Balaban J connectivity index is 0.00000280. The van der Waals surface area contributed by atoms with Gasteiger partial charge in [-0.25, -0.2) is 4.98 Å². The highest BCUT2D eigenvalue weighted by Gasteiger charge is 2.20. The van der Waals surface area contributed by atoms with Crippen molar-refractivity contribution in [3.63, 3.8) is 0 Å². The summed E-state index contributed by atoms with van der Waals surface area (Å²) in [5, 5.41) is 11.0. The average Bonchev–Trinajstić information content (AvgIpc) is 3.16. The monoisotopic (exact) mass is 533 g/mol. The van der Waals surface area contributed by atoms with E-state index in [1.165, 1.54) is 10.6 Å². The molecule has 1 aromatic heterocycles. The van der Waals surface area contributed by atoms with Crippen molar-refractivity contribution in [2.45, 2.75) is 45.3 Å². The molecule has 0 aliphatic carbocycles. The van der Waals surface area contributed by atoms with E-state index < -0.39 is 0 Å². The Morgan fingerprint density at radius 1 is 1.29 bits per heavy atom. The highest BCUT2D eigenvalue weighted by Crippen LogP contribution is 2.16. The minimum absolute atomic E-state index is 0. The van der Waals surface area contributed by atoms with Gasteiger partial charge in [0.05, 0.1) is 17.2 Å². The van der Waals surface area contributed by atoms with Crippen LogP contribution < -0.4 is 10.6 Å². The number of rotatable bonds is 6. The van der Waals surface area contributed by atoms with E-state index in [0.717, 1.165) is 55.6 Å². The quantitative estimate of drug-likeness (QED) is 0.330. The first-order valence-corrected chi connectivity index (χ1v) is 10.8. The minimum Gasteiger partial charge on any atom is -0.354 e. The number of hydrogen-bond donors (Lipinski definition) is 2. The molecule has 154 valence electrons. The van der Waals surface area contributed by atoms with Crippen LogP contribution in [0.15, 0.2) is 34.6 Å². The topological polar surface area (TPSA) is 52.6 Å². The molecule has 3 rings (SSSR count). The molecule has 0 atom stereocenters. The van der Waals surface area contributed by atoms with Crippen LogP contribution in [-0.4, -0.2) is 42.0 Å². The van der Waals surface area contributed by atoms with Crippen molar-refractivity contribution in [3.8, 4) is 0 Å². The smallest absolute Gasteiger partial charge is 0.191 e. The first-order valence-electron chi connectivity index (χ1n) is 9.53. The van der Waals surface area contributed by atoms with Crippen molar-refractivity contribution in [1.29, 1.82) is 0 Å². The number of piperidine rings is 1. The van der Waals surface area contributed by atoms with Crippen LogP contribution in [0.3, 0.4) is 0 Å². The van der Waals surface area contributed by atoms with Crippen LogP contribution in [0.1, 0.15) is 36.0 Å². The van der Waals surface area contributed by atoms with Gasteiger partial charge in [-0.3, -0.25) is 9.89 Å². The van der Waals surface area contributed by atoms with Crippen LogP contribution in [0.5, 0.6) is 0 Å². The lowest BCUT2D eigenvalue weighted by Gasteiger charge is -2.33. The van der Waals surface area contributed by atoms with Gasteiger partial charge in [-0.05, 0) is 37.0 Å². The molecule has 0 amide bonds. The molecular formula is C20H29ClIN5S. The lowest BCUT2D eigenvalue weighted by Crippen LogP contribution is -2.48. The summed E-state index contributed by atoms with van der Waals surface area (Å²) in [5.41, 5.74) is 2.40. The normalized spacial score (nSPS) is 15.9. The highest BCUT2D eigenvalue weighted by atomic mass is 127. The van der Waals surface area contributed by atoms with Crippen LogP contribution in [0.2, 0.25) is 5.02 Å². The molecule has 0 unspecified atom stereocenters. The number of likely N-dealkylation sites (tertiary alicyclic amines) is 1. The molecule has 2 aromatic rings. The van der Waals surface area contributed by atoms with Crippen molar-refractivity contribution >= 4 is 52.9 Å². The van der Waals surface area contributed by atoms with Gasteiger partial charge in [0.1, 0.15) is 0 Å². The van der Waals surface area contributed by atoms with Gasteiger partial charge < -0.3 is 10.6 Å². The number of nitrogens with zero attached hydrogens (tertiary/aromatic N) is 3. The first kappa shape index (κ1) is 23.4. The van der Waals surface area contributed by atoms with Crippen LogP contribution in [-0.2, 0) is 19.5 Å². The van der Waals surface area contributed by atoms with E-state index >= 15 is 0 Å². The van der Waals surface area contributed by atoms with Crippen LogP contribution >= 0.6 is 46.9 Å². The van der Waals surface area contributed by atoms with Crippen molar-refractivity contribution in [1.82, 2.24) is 20.5 Å². The minimum atomic E-state index is 0. The fraction of sp³-hybridized carbons (Fsp3) is 0.500. The Morgan fingerprint density at radius 3 is 2.61 bits per heavy atom. The van der Waals surface area contributed by atoms with E-state index in [1.54, 1.807) is 11.3 Å². The zero-order valence-electron chi connectivity index (χ0n) is 16.4. The molecule has 2 heterocycles. The summed E-state index contributed by atoms with van der Waals surface area (Å²) in [5.74, 6) is 0.859. The second-order valence-electron chi connectivity index (χ2n) is 6.83. The summed E-state index contributed by atoms with van der Waals surface area (Å²) in [6.07, 6.45) is 3.22. The number of aliphatic imine (C=N–C) groups is 1. The van der Waals surface area contributed by atoms with Crippen LogP contribution in [0.25, 0.3) is 0 Å². The standard InChI is InChI=1S/C20H28ClN5S.HI/c1-3-19-24-18(14-27-19)12-23-20(22-2)25-17-8-10-26(11-9-17)13-15-4-6-16(21)7-5-15;/h4-7,14,17H,3,8-13H2,1-2H3,(H2,22,23,25);1H. The van der Waals surface area contributed by atoms with Crippen LogP contribution in [0, 0.1) is 0 Å². The molecule has 1 saturated heterocycles. The van der Waals surface area contributed by atoms with Gasteiger partial charge in [-0.2, -0.15) is 0 Å². The Bertz CT molecular complexity index is 741. The Labute approximate surface area is 194 Å². The molecule has 1 aliphatic heterocycles. The first-order chi connectivity index (χ1) is 13.2.